The Morgan fingerprint density at radius 3 is 2.75 bits per heavy atom. The van der Waals surface area contributed by atoms with Crippen molar-refractivity contribution in [2.24, 2.45) is 28.6 Å². The summed E-state index contributed by atoms with van der Waals surface area (Å²) >= 11 is 0. The summed E-state index contributed by atoms with van der Waals surface area (Å²) in [6.45, 7) is 5.33. The molecule has 2 N–H and O–H groups in total. The van der Waals surface area contributed by atoms with Gasteiger partial charge in [-0.2, -0.15) is 0 Å². The van der Waals surface area contributed by atoms with E-state index in [1.165, 1.54) is 6.08 Å². The van der Waals surface area contributed by atoms with Crippen LogP contribution >= 0.6 is 0 Å². The van der Waals surface area contributed by atoms with Crippen LogP contribution in [0.15, 0.2) is 11.6 Å². The number of hydrogen-bond acceptors (Lipinski definition) is 6. The van der Waals surface area contributed by atoms with Gasteiger partial charge in [0.2, 0.25) is 0 Å². The third-order valence-electron chi connectivity index (χ3n) is 9.75. The number of ether oxygens (including phenoxy) is 2. The average Bonchev–Trinajstić information content (AvgIpc) is 3.21. The Hall–Kier alpha value is -1.15. The number of Topliss-reactive ketones (excluding diaryl/α,β-unsaturated/α-hetero) is 1. The Kier molecular flexibility index (Phi) is 5.25. The lowest BCUT2D eigenvalue weighted by atomic mass is 9.45. The lowest BCUT2D eigenvalue weighted by Gasteiger charge is -2.61. The lowest BCUT2D eigenvalue weighted by Crippen LogP contribution is -2.64. The van der Waals surface area contributed by atoms with Crippen molar-refractivity contribution < 1.29 is 33.7 Å². The molecule has 4 aliphatic carbocycles. The maximum atomic E-state index is 15.5. The number of carbonyl (C=O) groups is 2. The Morgan fingerprint density at radius 1 is 1.31 bits per heavy atom. The number of fused-ring (bicyclic) bond motifs is 7. The van der Waals surface area contributed by atoms with Crippen molar-refractivity contribution in [2.45, 2.75) is 96.0 Å². The quantitative estimate of drug-likeness (QED) is 0.684. The minimum Gasteiger partial charge on any atom is -0.393 e. The molecule has 0 spiro atoms. The van der Waals surface area contributed by atoms with E-state index in [2.05, 4.69) is 0 Å². The summed E-state index contributed by atoms with van der Waals surface area (Å²) in [6.07, 6.45) is 1.97. The van der Waals surface area contributed by atoms with Crippen molar-refractivity contribution in [3.8, 4) is 0 Å². The monoisotopic (exact) mass is 450 g/mol. The van der Waals surface area contributed by atoms with Gasteiger partial charge in [-0.3, -0.25) is 9.59 Å². The minimum atomic E-state index is -1.32. The standard InChI is InChI=1S/C25H35FO6/c1-4-5-21-31-20-10-15-14-9-17(26)16-8-13(28)6-7-23(16,2)22(14)18(29)11-24(15,3)25(20,32-21)19(30)12-27/h8,14-15,17-18,20-22,27,29H,4-7,9-12H2,1-3H3/t14-,15-,17-,18-,20+,21?,22+,23-,24-,25-/m0/s1. The Labute approximate surface area is 188 Å². The molecular weight excluding hydrogens is 415 g/mol. The zero-order valence-corrected chi connectivity index (χ0v) is 19.2. The van der Waals surface area contributed by atoms with E-state index in [1.54, 1.807) is 0 Å². The highest BCUT2D eigenvalue weighted by Crippen LogP contribution is 2.70. The molecule has 0 radical (unpaired) electrons. The first kappa shape index (κ1) is 22.6. The van der Waals surface area contributed by atoms with E-state index in [-0.39, 0.29) is 30.0 Å². The molecule has 32 heavy (non-hydrogen) atoms. The van der Waals surface area contributed by atoms with Gasteiger partial charge in [0, 0.05) is 11.8 Å². The highest BCUT2D eigenvalue weighted by atomic mass is 19.1. The van der Waals surface area contributed by atoms with E-state index in [0.717, 1.165) is 6.42 Å². The van der Waals surface area contributed by atoms with Gasteiger partial charge in [0.1, 0.15) is 12.8 Å². The summed E-state index contributed by atoms with van der Waals surface area (Å²) in [7, 11) is 0. The number of allylic oxidation sites excluding steroid dienone is 1. The lowest BCUT2D eigenvalue weighted by molar-refractivity contribution is -0.205. The third-order valence-corrected chi connectivity index (χ3v) is 9.75. The second-order valence-electron chi connectivity index (χ2n) is 11.2. The average molecular weight is 451 g/mol. The number of alkyl halides is 1. The van der Waals surface area contributed by atoms with Gasteiger partial charge in [-0.25, -0.2) is 4.39 Å². The van der Waals surface area contributed by atoms with E-state index >= 15 is 4.39 Å². The van der Waals surface area contributed by atoms with Crippen LogP contribution in [0.3, 0.4) is 0 Å². The number of ketones is 2. The van der Waals surface area contributed by atoms with Gasteiger partial charge in [-0.05, 0) is 66.9 Å². The highest BCUT2D eigenvalue weighted by molar-refractivity contribution is 5.92. The number of aliphatic hydroxyl groups excluding tert-OH is 2. The molecule has 5 aliphatic rings. The molecule has 5 rings (SSSR count). The summed E-state index contributed by atoms with van der Waals surface area (Å²) in [5.41, 5.74) is -2.12. The van der Waals surface area contributed by atoms with Crippen LogP contribution in [0.5, 0.6) is 0 Å². The second kappa shape index (κ2) is 7.42. The first-order valence-electron chi connectivity index (χ1n) is 12.2. The third kappa shape index (κ3) is 2.71. The molecule has 0 aromatic heterocycles. The molecule has 0 aromatic rings. The van der Waals surface area contributed by atoms with E-state index in [1.807, 2.05) is 20.8 Å². The minimum absolute atomic E-state index is 0.0413. The van der Waals surface area contributed by atoms with Gasteiger partial charge in [-0.15, -0.1) is 0 Å². The molecule has 0 aromatic carbocycles. The molecule has 1 saturated heterocycles. The Balaban J connectivity index is 1.57. The zero-order valence-electron chi connectivity index (χ0n) is 19.2. The Bertz CT molecular complexity index is 857. The molecule has 7 heteroatoms. The van der Waals surface area contributed by atoms with Crippen molar-refractivity contribution in [1.29, 1.82) is 0 Å². The van der Waals surface area contributed by atoms with Crippen molar-refractivity contribution in [1.82, 2.24) is 0 Å². The van der Waals surface area contributed by atoms with Crippen LogP contribution in [-0.2, 0) is 19.1 Å². The van der Waals surface area contributed by atoms with Crippen LogP contribution in [0, 0.1) is 28.6 Å². The fraction of sp³-hybridized carbons (Fsp3) is 0.840. The first-order valence-corrected chi connectivity index (χ1v) is 12.2. The number of aliphatic hydroxyl groups is 2. The summed E-state index contributed by atoms with van der Waals surface area (Å²) in [4.78, 5) is 25.3. The van der Waals surface area contributed by atoms with Crippen LogP contribution in [0.4, 0.5) is 4.39 Å². The summed E-state index contributed by atoms with van der Waals surface area (Å²) in [5.74, 6) is -0.855. The SMILES string of the molecule is CCCC1O[C@@H]2C[C@H]3[C@@H]4C[C@H](F)C5=CC(=O)CC[C@]5(C)[C@H]4[C@@H](O)C[C@]3(C)[C@@]2(C(=O)CO)O1. The molecule has 1 unspecified atom stereocenters. The molecule has 10 atom stereocenters. The van der Waals surface area contributed by atoms with Crippen molar-refractivity contribution >= 4 is 11.6 Å². The molecule has 4 fully saturated rings. The first-order chi connectivity index (χ1) is 15.1. The van der Waals surface area contributed by atoms with Gasteiger partial charge in [0.05, 0.1) is 12.2 Å². The number of carbonyl (C=O) groups excluding carboxylic acids is 2. The molecule has 0 bridgehead atoms. The van der Waals surface area contributed by atoms with Crippen LogP contribution in [-0.4, -0.2) is 58.7 Å². The van der Waals surface area contributed by atoms with Gasteiger partial charge in [0.15, 0.2) is 23.5 Å². The summed E-state index contributed by atoms with van der Waals surface area (Å²) < 4.78 is 28.1. The number of halogens is 1. The summed E-state index contributed by atoms with van der Waals surface area (Å²) in [6, 6.07) is 0. The normalized spacial score (nSPS) is 52.0. The van der Waals surface area contributed by atoms with Gasteiger partial charge < -0.3 is 19.7 Å². The molecule has 0 amide bonds. The second-order valence-corrected chi connectivity index (χ2v) is 11.2. The van der Waals surface area contributed by atoms with Crippen molar-refractivity contribution in [2.75, 3.05) is 6.61 Å². The molecule has 1 aliphatic heterocycles. The zero-order chi connectivity index (χ0) is 23.1. The molecule has 1 heterocycles. The molecular formula is C25H35FO6. The fourth-order valence-corrected chi connectivity index (χ4v) is 8.49. The van der Waals surface area contributed by atoms with E-state index in [0.29, 0.717) is 37.7 Å². The molecule has 3 saturated carbocycles. The topological polar surface area (TPSA) is 93.1 Å². The maximum Gasteiger partial charge on any atom is 0.193 e. The predicted octanol–water partition coefficient (Wildman–Crippen LogP) is 2.89. The van der Waals surface area contributed by atoms with E-state index < -0.39 is 53.5 Å². The van der Waals surface area contributed by atoms with Crippen LogP contribution in [0.25, 0.3) is 0 Å². The van der Waals surface area contributed by atoms with Crippen LogP contribution < -0.4 is 0 Å². The van der Waals surface area contributed by atoms with Crippen LogP contribution in [0.1, 0.15) is 65.7 Å². The van der Waals surface area contributed by atoms with Gasteiger partial charge in [0.25, 0.3) is 0 Å². The highest BCUT2D eigenvalue weighted by Gasteiger charge is 2.76. The summed E-state index contributed by atoms with van der Waals surface area (Å²) in [5, 5.41) is 21.4. The molecule has 178 valence electrons. The number of hydrogen-bond donors (Lipinski definition) is 2. The van der Waals surface area contributed by atoms with E-state index in [9.17, 15) is 19.8 Å². The number of rotatable bonds is 4. The molecule has 6 nitrogen and oxygen atoms in total. The maximum absolute atomic E-state index is 15.5. The largest absolute Gasteiger partial charge is 0.393 e. The smallest absolute Gasteiger partial charge is 0.193 e. The van der Waals surface area contributed by atoms with Crippen molar-refractivity contribution in [3.05, 3.63) is 11.6 Å². The van der Waals surface area contributed by atoms with E-state index in [4.69, 9.17) is 9.47 Å². The van der Waals surface area contributed by atoms with Crippen LogP contribution in [0.2, 0.25) is 0 Å². The van der Waals surface area contributed by atoms with Gasteiger partial charge in [-0.1, -0.05) is 27.2 Å². The Morgan fingerprint density at radius 2 is 2.06 bits per heavy atom. The van der Waals surface area contributed by atoms with Gasteiger partial charge >= 0.3 is 0 Å². The predicted molar refractivity (Wildman–Crippen MR) is 113 cm³/mol. The van der Waals surface area contributed by atoms with Crippen molar-refractivity contribution in [3.63, 3.8) is 0 Å². The fourth-order valence-electron chi connectivity index (χ4n) is 8.49.